The molecule has 0 aliphatic rings. The first-order valence-corrected chi connectivity index (χ1v) is 11.1. The molecule has 0 aliphatic carbocycles. The number of ether oxygens (including phenoxy) is 3. The molecule has 1 N–H and O–H groups in total. The summed E-state index contributed by atoms with van der Waals surface area (Å²) in [6, 6.07) is 19.6. The van der Waals surface area contributed by atoms with Crippen molar-refractivity contribution < 1.29 is 19.0 Å². The van der Waals surface area contributed by atoms with Crippen LogP contribution in [0.3, 0.4) is 0 Å². The van der Waals surface area contributed by atoms with Gasteiger partial charge in [0.1, 0.15) is 0 Å². The van der Waals surface area contributed by atoms with Crippen LogP contribution in [0.25, 0.3) is 23.1 Å². The Morgan fingerprint density at radius 3 is 2.17 bits per heavy atom. The highest BCUT2D eigenvalue weighted by Gasteiger charge is 2.12. The van der Waals surface area contributed by atoms with Crippen LogP contribution in [-0.4, -0.2) is 31.7 Å². The van der Waals surface area contributed by atoms with Crippen LogP contribution in [0.4, 0.5) is 5.69 Å². The van der Waals surface area contributed by atoms with Crippen molar-refractivity contribution in [3.05, 3.63) is 95.8 Å². The zero-order valence-electron chi connectivity index (χ0n) is 20.2. The van der Waals surface area contributed by atoms with Crippen LogP contribution < -0.4 is 19.5 Å². The molecule has 0 saturated carbocycles. The number of ketones is 1. The Morgan fingerprint density at radius 1 is 0.857 bits per heavy atom. The SMILES string of the molecule is COc1cc(C=Cc2ccc(N/C=C\C(=O)c3cn(C)c4ccccc34)cc2)cc(OC)c1OC. The van der Waals surface area contributed by atoms with E-state index in [0.29, 0.717) is 22.8 Å². The van der Waals surface area contributed by atoms with Crippen LogP contribution in [0.2, 0.25) is 0 Å². The van der Waals surface area contributed by atoms with Crippen molar-refractivity contribution in [1.29, 1.82) is 0 Å². The minimum atomic E-state index is -0.0424. The lowest BCUT2D eigenvalue weighted by molar-refractivity contribution is 0.104. The van der Waals surface area contributed by atoms with Gasteiger partial charge < -0.3 is 24.1 Å². The first kappa shape index (κ1) is 23.7. The number of nitrogens with zero attached hydrogens (tertiary/aromatic N) is 1. The summed E-state index contributed by atoms with van der Waals surface area (Å²) in [7, 11) is 6.72. The molecule has 0 bridgehead atoms. The number of anilines is 1. The van der Waals surface area contributed by atoms with Gasteiger partial charge in [0.05, 0.1) is 21.3 Å². The fourth-order valence-electron chi connectivity index (χ4n) is 3.92. The lowest BCUT2D eigenvalue weighted by Crippen LogP contribution is -1.95. The van der Waals surface area contributed by atoms with E-state index in [1.807, 2.05) is 90.6 Å². The summed E-state index contributed by atoms with van der Waals surface area (Å²) in [5.41, 5.74) is 4.56. The van der Waals surface area contributed by atoms with Gasteiger partial charge in [-0.05, 0) is 41.5 Å². The standard InChI is InChI=1S/C29H28N2O4/c1-31-19-24(23-7-5-6-8-25(23)31)26(32)15-16-30-22-13-11-20(12-14-22)9-10-21-17-27(33-2)29(35-4)28(18-21)34-3/h5-19,30H,1-4H3/b10-9?,16-15-. The molecule has 3 aromatic carbocycles. The lowest BCUT2D eigenvalue weighted by atomic mass is 10.1. The van der Waals surface area contributed by atoms with Crippen LogP contribution in [0, 0.1) is 0 Å². The Hall–Kier alpha value is -4.45. The van der Waals surface area contributed by atoms with Gasteiger partial charge in [0.15, 0.2) is 17.3 Å². The second-order valence-corrected chi connectivity index (χ2v) is 7.93. The number of carbonyl (C=O) groups is 1. The highest BCUT2D eigenvalue weighted by atomic mass is 16.5. The Morgan fingerprint density at radius 2 is 1.51 bits per heavy atom. The largest absolute Gasteiger partial charge is 0.493 e. The van der Waals surface area contributed by atoms with Crippen LogP contribution in [0.5, 0.6) is 17.2 Å². The molecule has 0 fully saturated rings. The average molecular weight is 469 g/mol. The minimum absolute atomic E-state index is 0.0424. The highest BCUT2D eigenvalue weighted by Crippen LogP contribution is 2.38. The molecule has 4 aromatic rings. The number of fused-ring (bicyclic) bond motifs is 1. The second-order valence-electron chi connectivity index (χ2n) is 7.93. The molecule has 178 valence electrons. The normalized spacial score (nSPS) is 11.3. The third kappa shape index (κ3) is 5.22. The molecule has 1 aromatic heterocycles. The van der Waals surface area contributed by atoms with Gasteiger partial charge in [-0.3, -0.25) is 4.79 Å². The molecule has 0 spiro atoms. The van der Waals surface area contributed by atoms with Crippen molar-refractivity contribution in [1.82, 2.24) is 4.57 Å². The van der Waals surface area contributed by atoms with Crippen molar-refractivity contribution in [2.45, 2.75) is 0 Å². The maximum Gasteiger partial charge on any atom is 0.203 e. The highest BCUT2D eigenvalue weighted by molar-refractivity contribution is 6.13. The summed E-state index contributed by atoms with van der Waals surface area (Å²) in [6.45, 7) is 0. The molecule has 4 rings (SSSR count). The number of carbonyl (C=O) groups excluding carboxylic acids is 1. The lowest BCUT2D eigenvalue weighted by Gasteiger charge is -2.12. The zero-order valence-corrected chi connectivity index (χ0v) is 20.2. The fraction of sp³-hybridized carbons (Fsp3) is 0.138. The van der Waals surface area contributed by atoms with Gasteiger partial charge in [-0.15, -0.1) is 0 Å². The van der Waals surface area contributed by atoms with Crippen molar-refractivity contribution in [3.8, 4) is 17.2 Å². The first-order valence-electron chi connectivity index (χ1n) is 11.1. The molecule has 0 saturated heterocycles. The molecule has 35 heavy (non-hydrogen) atoms. The molecular weight excluding hydrogens is 440 g/mol. The topological polar surface area (TPSA) is 61.7 Å². The van der Waals surface area contributed by atoms with E-state index in [0.717, 1.165) is 27.7 Å². The minimum Gasteiger partial charge on any atom is -0.493 e. The van der Waals surface area contributed by atoms with Gasteiger partial charge in [-0.1, -0.05) is 42.5 Å². The number of hydrogen-bond acceptors (Lipinski definition) is 5. The van der Waals surface area contributed by atoms with E-state index in [1.165, 1.54) is 0 Å². The van der Waals surface area contributed by atoms with Gasteiger partial charge in [0, 0.05) is 47.7 Å². The van der Waals surface area contributed by atoms with Crippen LogP contribution in [-0.2, 0) is 7.05 Å². The van der Waals surface area contributed by atoms with Gasteiger partial charge >= 0.3 is 0 Å². The monoisotopic (exact) mass is 468 g/mol. The van der Waals surface area contributed by atoms with E-state index in [2.05, 4.69) is 5.32 Å². The molecule has 1 heterocycles. The molecule has 0 unspecified atom stereocenters. The van der Waals surface area contributed by atoms with Crippen molar-refractivity contribution in [2.24, 2.45) is 7.05 Å². The molecule has 0 atom stereocenters. The Balaban J connectivity index is 1.42. The van der Waals surface area contributed by atoms with Crippen molar-refractivity contribution in [3.63, 3.8) is 0 Å². The quantitative estimate of drug-likeness (QED) is 0.180. The Labute approximate surface area is 205 Å². The van der Waals surface area contributed by atoms with E-state index in [-0.39, 0.29) is 5.78 Å². The first-order chi connectivity index (χ1) is 17.0. The number of nitrogens with one attached hydrogen (secondary N) is 1. The number of para-hydroxylation sites is 1. The molecule has 0 aliphatic heterocycles. The van der Waals surface area contributed by atoms with E-state index < -0.39 is 0 Å². The maximum absolute atomic E-state index is 12.7. The van der Waals surface area contributed by atoms with E-state index >= 15 is 0 Å². The molecule has 0 amide bonds. The van der Waals surface area contributed by atoms with E-state index in [1.54, 1.807) is 33.6 Å². The zero-order chi connectivity index (χ0) is 24.8. The van der Waals surface area contributed by atoms with Crippen LogP contribution in [0.15, 0.2) is 79.1 Å². The third-order valence-corrected chi connectivity index (χ3v) is 5.71. The van der Waals surface area contributed by atoms with Crippen LogP contribution in [0.1, 0.15) is 21.5 Å². The Kier molecular flexibility index (Phi) is 7.21. The number of benzene rings is 3. The van der Waals surface area contributed by atoms with Gasteiger partial charge in [-0.2, -0.15) is 0 Å². The number of aryl methyl sites for hydroxylation is 1. The molecule has 0 radical (unpaired) electrons. The third-order valence-electron chi connectivity index (χ3n) is 5.71. The predicted molar refractivity (Wildman–Crippen MR) is 141 cm³/mol. The van der Waals surface area contributed by atoms with Gasteiger partial charge in [0.2, 0.25) is 5.75 Å². The van der Waals surface area contributed by atoms with Crippen molar-refractivity contribution in [2.75, 3.05) is 26.6 Å². The summed E-state index contributed by atoms with van der Waals surface area (Å²) < 4.78 is 18.2. The average Bonchev–Trinajstić information content (AvgIpc) is 3.24. The molecule has 6 nitrogen and oxygen atoms in total. The molecular formula is C29H28N2O4. The fourth-order valence-corrected chi connectivity index (χ4v) is 3.92. The predicted octanol–water partition coefficient (Wildman–Crippen LogP) is 6.18. The summed E-state index contributed by atoms with van der Waals surface area (Å²) in [5.74, 6) is 1.74. The van der Waals surface area contributed by atoms with Crippen molar-refractivity contribution >= 4 is 34.5 Å². The van der Waals surface area contributed by atoms with Gasteiger partial charge in [-0.25, -0.2) is 0 Å². The number of allylic oxidation sites excluding steroid dienone is 1. The Bertz CT molecular complexity index is 1370. The summed E-state index contributed by atoms with van der Waals surface area (Å²) in [4.78, 5) is 12.7. The smallest absolute Gasteiger partial charge is 0.203 e. The second kappa shape index (κ2) is 10.7. The summed E-state index contributed by atoms with van der Waals surface area (Å²) in [6.07, 6.45) is 9.08. The number of aromatic nitrogens is 1. The van der Waals surface area contributed by atoms with Crippen LogP contribution >= 0.6 is 0 Å². The number of methoxy groups -OCH3 is 3. The number of hydrogen-bond donors (Lipinski definition) is 1. The summed E-state index contributed by atoms with van der Waals surface area (Å²) in [5, 5.41) is 4.12. The maximum atomic E-state index is 12.7. The van der Waals surface area contributed by atoms with E-state index in [9.17, 15) is 4.79 Å². The van der Waals surface area contributed by atoms with E-state index in [4.69, 9.17) is 14.2 Å². The van der Waals surface area contributed by atoms with Gasteiger partial charge in [0.25, 0.3) is 0 Å². The molecule has 6 heteroatoms. The summed E-state index contributed by atoms with van der Waals surface area (Å²) >= 11 is 0. The number of rotatable bonds is 9.